The van der Waals surface area contributed by atoms with E-state index in [1.165, 1.54) is 12.8 Å². The Hall–Kier alpha value is -0.830. The fraction of sp³-hybridized carbons (Fsp3) is 0.800. The smallest absolute Gasteiger partial charge is 0.240 e. The van der Waals surface area contributed by atoms with Gasteiger partial charge >= 0.3 is 0 Å². The molecule has 0 aromatic heterocycles. The van der Waals surface area contributed by atoms with Crippen molar-refractivity contribution in [1.29, 1.82) is 0 Å². The average Bonchev–Trinajstić information content (AvgIpc) is 2.37. The van der Waals surface area contributed by atoms with E-state index in [-0.39, 0.29) is 5.91 Å². The Morgan fingerprint density at radius 3 is 2.94 bits per heavy atom. The minimum absolute atomic E-state index is 0.0728. The lowest BCUT2D eigenvalue weighted by atomic mass is 9.76. The van der Waals surface area contributed by atoms with Gasteiger partial charge in [-0.1, -0.05) is 31.9 Å². The third-order valence-corrected chi connectivity index (χ3v) is 4.41. The fourth-order valence-corrected chi connectivity index (χ4v) is 3.25. The topological polar surface area (TPSA) is 55.1 Å². The van der Waals surface area contributed by atoms with Gasteiger partial charge in [-0.05, 0) is 43.9 Å². The van der Waals surface area contributed by atoms with E-state index in [1.807, 2.05) is 0 Å². The molecule has 2 rings (SSSR count). The molecule has 0 saturated heterocycles. The van der Waals surface area contributed by atoms with Gasteiger partial charge in [-0.15, -0.1) is 0 Å². The van der Waals surface area contributed by atoms with Crippen LogP contribution in [0.1, 0.15) is 51.9 Å². The van der Waals surface area contributed by atoms with Crippen LogP contribution in [-0.4, -0.2) is 18.0 Å². The second kappa shape index (κ2) is 5.87. The predicted octanol–water partition coefficient (Wildman–Crippen LogP) is 2.37. The van der Waals surface area contributed by atoms with Crippen molar-refractivity contribution in [1.82, 2.24) is 5.32 Å². The summed E-state index contributed by atoms with van der Waals surface area (Å²) in [4.78, 5) is 12.3. The summed E-state index contributed by atoms with van der Waals surface area (Å²) in [6.07, 6.45) is 11.8. The van der Waals surface area contributed by atoms with Gasteiger partial charge in [0.2, 0.25) is 5.91 Å². The zero-order valence-electron chi connectivity index (χ0n) is 11.5. The minimum Gasteiger partial charge on any atom is -0.354 e. The Morgan fingerprint density at radius 1 is 1.44 bits per heavy atom. The van der Waals surface area contributed by atoms with Crippen molar-refractivity contribution < 1.29 is 4.79 Å². The van der Waals surface area contributed by atoms with Gasteiger partial charge in [-0.25, -0.2) is 0 Å². The maximum absolute atomic E-state index is 12.3. The van der Waals surface area contributed by atoms with Crippen molar-refractivity contribution >= 4 is 5.91 Å². The monoisotopic (exact) mass is 250 g/mol. The first kappa shape index (κ1) is 13.6. The van der Waals surface area contributed by atoms with E-state index in [2.05, 4.69) is 24.4 Å². The summed E-state index contributed by atoms with van der Waals surface area (Å²) in [7, 11) is 0. The summed E-state index contributed by atoms with van der Waals surface area (Å²) < 4.78 is 0. The van der Waals surface area contributed by atoms with Gasteiger partial charge in [0.1, 0.15) is 0 Å². The van der Waals surface area contributed by atoms with E-state index in [9.17, 15) is 4.79 Å². The number of carbonyl (C=O) groups excluding carboxylic acids is 1. The van der Waals surface area contributed by atoms with Crippen LogP contribution in [0.5, 0.6) is 0 Å². The zero-order valence-corrected chi connectivity index (χ0v) is 11.5. The van der Waals surface area contributed by atoms with Crippen LogP contribution in [-0.2, 0) is 4.79 Å². The molecule has 0 spiro atoms. The molecule has 1 saturated carbocycles. The average molecular weight is 250 g/mol. The molecule has 18 heavy (non-hydrogen) atoms. The summed E-state index contributed by atoms with van der Waals surface area (Å²) in [5.41, 5.74) is 5.67. The van der Waals surface area contributed by atoms with Crippen molar-refractivity contribution in [3.05, 3.63) is 12.2 Å². The molecule has 0 radical (unpaired) electrons. The molecule has 0 aliphatic heterocycles. The van der Waals surface area contributed by atoms with Crippen molar-refractivity contribution in [3.63, 3.8) is 0 Å². The van der Waals surface area contributed by atoms with Gasteiger partial charge in [0.05, 0.1) is 5.54 Å². The molecule has 3 atom stereocenters. The van der Waals surface area contributed by atoms with Crippen molar-refractivity contribution in [2.75, 3.05) is 6.54 Å². The maximum atomic E-state index is 12.3. The van der Waals surface area contributed by atoms with E-state index in [4.69, 9.17) is 5.73 Å². The Balaban J connectivity index is 1.81. The van der Waals surface area contributed by atoms with Crippen LogP contribution in [0.3, 0.4) is 0 Å². The first-order valence-electron chi connectivity index (χ1n) is 7.32. The summed E-state index contributed by atoms with van der Waals surface area (Å²) in [5.74, 6) is 1.25. The molecule has 2 aliphatic carbocycles. The van der Waals surface area contributed by atoms with Gasteiger partial charge in [-0.3, -0.25) is 4.79 Å². The van der Waals surface area contributed by atoms with Gasteiger partial charge in [0.25, 0.3) is 0 Å². The summed E-state index contributed by atoms with van der Waals surface area (Å²) in [6.45, 7) is 2.98. The quantitative estimate of drug-likeness (QED) is 0.756. The van der Waals surface area contributed by atoms with Crippen LogP contribution in [0, 0.1) is 11.8 Å². The first-order valence-corrected chi connectivity index (χ1v) is 7.32. The molecule has 0 heterocycles. The van der Waals surface area contributed by atoms with E-state index in [0.717, 1.165) is 38.6 Å². The lowest BCUT2D eigenvalue weighted by molar-refractivity contribution is -0.128. The molecule has 3 N–H and O–H groups in total. The third kappa shape index (κ3) is 3.35. The molecular formula is C15H26N2O. The predicted molar refractivity (Wildman–Crippen MR) is 74.0 cm³/mol. The van der Waals surface area contributed by atoms with E-state index in [1.54, 1.807) is 0 Å². The molecule has 2 aliphatic rings. The van der Waals surface area contributed by atoms with Crippen LogP contribution in [0.15, 0.2) is 12.2 Å². The standard InChI is InChI=1S/C15H26N2O/c1-12-6-5-9-15(16,10-12)14(18)17-11-13-7-3-2-4-8-13/h2-3,12-13H,4-11,16H2,1H3,(H,17,18). The number of nitrogens with one attached hydrogen (secondary N) is 1. The fourth-order valence-electron chi connectivity index (χ4n) is 3.25. The number of hydrogen-bond donors (Lipinski definition) is 2. The largest absolute Gasteiger partial charge is 0.354 e. The van der Waals surface area contributed by atoms with Crippen molar-refractivity contribution in [2.24, 2.45) is 17.6 Å². The van der Waals surface area contributed by atoms with Gasteiger partial charge < -0.3 is 11.1 Å². The molecule has 1 amide bonds. The summed E-state index contributed by atoms with van der Waals surface area (Å²) >= 11 is 0. The molecule has 0 bridgehead atoms. The number of allylic oxidation sites excluding steroid dienone is 2. The SMILES string of the molecule is CC1CCCC(N)(C(=O)NCC2CC=CCC2)C1. The van der Waals surface area contributed by atoms with Crippen molar-refractivity contribution in [2.45, 2.75) is 57.4 Å². The highest BCUT2D eigenvalue weighted by Crippen LogP contribution is 2.30. The van der Waals surface area contributed by atoms with E-state index < -0.39 is 5.54 Å². The number of rotatable bonds is 3. The maximum Gasteiger partial charge on any atom is 0.240 e. The lowest BCUT2D eigenvalue weighted by Gasteiger charge is -2.35. The number of amides is 1. The van der Waals surface area contributed by atoms with E-state index >= 15 is 0 Å². The Kier molecular flexibility index (Phi) is 4.44. The lowest BCUT2D eigenvalue weighted by Crippen LogP contribution is -2.56. The molecular weight excluding hydrogens is 224 g/mol. The second-order valence-corrected chi connectivity index (χ2v) is 6.22. The van der Waals surface area contributed by atoms with Crippen molar-refractivity contribution in [3.8, 4) is 0 Å². The Labute approximate surface area is 110 Å². The van der Waals surface area contributed by atoms with Gasteiger partial charge in [0, 0.05) is 6.54 Å². The highest BCUT2D eigenvalue weighted by Gasteiger charge is 2.37. The number of carbonyl (C=O) groups is 1. The highest BCUT2D eigenvalue weighted by atomic mass is 16.2. The van der Waals surface area contributed by atoms with Gasteiger partial charge in [-0.2, -0.15) is 0 Å². The van der Waals surface area contributed by atoms with Gasteiger partial charge in [0.15, 0.2) is 0 Å². The van der Waals surface area contributed by atoms with Crippen LogP contribution < -0.4 is 11.1 Å². The zero-order chi connectivity index (χ0) is 13.0. The molecule has 102 valence electrons. The van der Waals surface area contributed by atoms with Crippen LogP contribution >= 0.6 is 0 Å². The Bertz CT molecular complexity index is 326. The molecule has 0 aromatic carbocycles. The van der Waals surface area contributed by atoms with Crippen LogP contribution in [0.25, 0.3) is 0 Å². The molecule has 3 heteroatoms. The second-order valence-electron chi connectivity index (χ2n) is 6.22. The molecule has 0 aromatic rings. The number of nitrogens with two attached hydrogens (primary N) is 1. The highest BCUT2D eigenvalue weighted by molar-refractivity contribution is 5.86. The minimum atomic E-state index is -0.609. The first-order chi connectivity index (χ1) is 8.60. The Morgan fingerprint density at radius 2 is 2.28 bits per heavy atom. The normalized spacial score (nSPS) is 36.3. The number of hydrogen-bond acceptors (Lipinski definition) is 2. The third-order valence-electron chi connectivity index (χ3n) is 4.41. The summed E-state index contributed by atoms with van der Waals surface area (Å²) in [5, 5.41) is 3.09. The molecule has 3 unspecified atom stereocenters. The molecule has 1 fully saturated rings. The molecule has 3 nitrogen and oxygen atoms in total. The van der Waals surface area contributed by atoms with Crippen LogP contribution in [0.4, 0.5) is 0 Å². The summed E-state index contributed by atoms with van der Waals surface area (Å²) in [6, 6.07) is 0. The van der Waals surface area contributed by atoms with Crippen LogP contribution in [0.2, 0.25) is 0 Å². The van der Waals surface area contributed by atoms with E-state index in [0.29, 0.717) is 11.8 Å².